The fourth-order valence-corrected chi connectivity index (χ4v) is 2.21. The molecular weight excluding hydrogens is 286 g/mol. The van der Waals surface area contributed by atoms with Gasteiger partial charge in [0.25, 0.3) is 0 Å². The van der Waals surface area contributed by atoms with E-state index in [-0.39, 0.29) is 11.9 Å². The molecule has 0 amide bonds. The summed E-state index contributed by atoms with van der Waals surface area (Å²) in [5.74, 6) is 0.368. The maximum Gasteiger partial charge on any atom is 0.145 e. The lowest BCUT2D eigenvalue weighted by Gasteiger charge is -2.15. The van der Waals surface area contributed by atoms with Crippen molar-refractivity contribution < 1.29 is 4.39 Å². The highest BCUT2D eigenvalue weighted by Crippen LogP contribution is 2.23. The van der Waals surface area contributed by atoms with Crippen molar-refractivity contribution in [2.45, 2.75) is 19.4 Å². The number of pyridine rings is 1. The van der Waals surface area contributed by atoms with E-state index in [9.17, 15) is 4.39 Å². The first kappa shape index (κ1) is 14.1. The van der Waals surface area contributed by atoms with Gasteiger partial charge in [0.1, 0.15) is 11.6 Å². The van der Waals surface area contributed by atoms with Crippen molar-refractivity contribution in [1.29, 1.82) is 0 Å². The minimum atomic E-state index is -0.230. The number of halogens is 3. The maximum absolute atomic E-state index is 12.8. The molecule has 1 unspecified atom stereocenters. The average Bonchev–Trinajstić information content (AvgIpc) is 2.36. The Hall–Kier alpha value is -1.32. The molecular formula is C14H13Cl2FN2. The lowest BCUT2D eigenvalue weighted by Crippen LogP contribution is -2.19. The second-order valence-corrected chi connectivity index (χ2v) is 5.20. The highest BCUT2D eigenvalue weighted by atomic mass is 35.5. The predicted octanol–water partition coefficient (Wildman–Crippen LogP) is 4.57. The third-order valence-electron chi connectivity index (χ3n) is 2.65. The molecule has 1 heterocycles. The first-order valence-corrected chi connectivity index (χ1v) is 6.62. The summed E-state index contributed by atoms with van der Waals surface area (Å²) < 4.78 is 12.8. The van der Waals surface area contributed by atoms with Gasteiger partial charge in [-0.2, -0.15) is 0 Å². The van der Waals surface area contributed by atoms with E-state index >= 15 is 0 Å². The molecule has 0 saturated heterocycles. The van der Waals surface area contributed by atoms with Crippen LogP contribution in [-0.4, -0.2) is 11.0 Å². The summed E-state index contributed by atoms with van der Waals surface area (Å²) in [5, 5.41) is 4.19. The van der Waals surface area contributed by atoms with Crippen molar-refractivity contribution in [3.05, 3.63) is 58.0 Å². The first-order chi connectivity index (χ1) is 9.04. The predicted molar refractivity (Wildman–Crippen MR) is 77.4 cm³/mol. The van der Waals surface area contributed by atoms with Crippen LogP contribution in [0.5, 0.6) is 0 Å². The van der Waals surface area contributed by atoms with Gasteiger partial charge in [-0.3, -0.25) is 0 Å². The molecule has 2 rings (SSSR count). The third kappa shape index (κ3) is 4.08. The van der Waals surface area contributed by atoms with Crippen molar-refractivity contribution in [3.8, 4) is 0 Å². The second kappa shape index (κ2) is 6.22. The van der Waals surface area contributed by atoms with E-state index in [1.807, 2.05) is 6.92 Å². The molecule has 1 aromatic carbocycles. The van der Waals surface area contributed by atoms with Gasteiger partial charge in [-0.05, 0) is 37.1 Å². The number of nitrogens with zero attached hydrogens (tertiary/aromatic N) is 1. The van der Waals surface area contributed by atoms with Crippen molar-refractivity contribution in [2.24, 2.45) is 0 Å². The number of aromatic nitrogens is 1. The van der Waals surface area contributed by atoms with Crippen LogP contribution in [-0.2, 0) is 6.42 Å². The Morgan fingerprint density at radius 1 is 1.26 bits per heavy atom. The molecule has 19 heavy (non-hydrogen) atoms. The van der Waals surface area contributed by atoms with Gasteiger partial charge < -0.3 is 5.32 Å². The van der Waals surface area contributed by atoms with Crippen LogP contribution in [0.3, 0.4) is 0 Å². The van der Waals surface area contributed by atoms with Gasteiger partial charge in [-0.1, -0.05) is 35.3 Å². The van der Waals surface area contributed by atoms with E-state index in [2.05, 4.69) is 10.3 Å². The van der Waals surface area contributed by atoms with Crippen LogP contribution >= 0.6 is 23.2 Å². The van der Waals surface area contributed by atoms with Crippen LogP contribution in [0.2, 0.25) is 10.0 Å². The molecule has 0 radical (unpaired) electrons. The monoisotopic (exact) mass is 298 g/mol. The molecule has 0 saturated carbocycles. The number of hydrogen-bond acceptors (Lipinski definition) is 2. The molecule has 0 fully saturated rings. The van der Waals surface area contributed by atoms with Crippen LogP contribution in [0.25, 0.3) is 0 Å². The topological polar surface area (TPSA) is 24.9 Å². The Kier molecular flexibility index (Phi) is 4.61. The van der Waals surface area contributed by atoms with Gasteiger partial charge in [0, 0.05) is 12.2 Å². The Morgan fingerprint density at radius 2 is 1.95 bits per heavy atom. The van der Waals surface area contributed by atoms with Gasteiger partial charge in [0.05, 0.1) is 10.0 Å². The van der Waals surface area contributed by atoms with Crippen molar-refractivity contribution in [3.63, 3.8) is 0 Å². The van der Waals surface area contributed by atoms with Crippen molar-refractivity contribution >= 4 is 29.0 Å². The molecule has 0 bridgehead atoms. The first-order valence-electron chi connectivity index (χ1n) is 5.86. The quantitative estimate of drug-likeness (QED) is 0.894. The van der Waals surface area contributed by atoms with E-state index in [4.69, 9.17) is 23.2 Å². The molecule has 0 spiro atoms. The van der Waals surface area contributed by atoms with Gasteiger partial charge in [-0.15, -0.1) is 0 Å². The van der Waals surface area contributed by atoms with E-state index in [0.717, 1.165) is 12.0 Å². The van der Waals surface area contributed by atoms with Gasteiger partial charge >= 0.3 is 0 Å². The summed E-state index contributed by atoms with van der Waals surface area (Å²) in [5.41, 5.74) is 1.05. The number of hydrogen-bond donors (Lipinski definition) is 1. The number of benzene rings is 1. The molecule has 0 aliphatic rings. The van der Waals surface area contributed by atoms with Crippen LogP contribution in [0.4, 0.5) is 10.2 Å². The summed E-state index contributed by atoms with van der Waals surface area (Å²) in [6, 6.07) is 8.21. The fraction of sp³-hybridized carbons (Fsp3) is 0.214. The van der Waals surface area contributed by atoms with E-state index in [1.54, 1.807) is 24.4 Å². The Bertz CT molecular complexity index is 558. The second-order valence-electron chi connectivity index (χ2n) is 4.36. The summed E-state index contributed by atoms with van der Waals surface area (Å²) >= 11 is 11.8. The number of nitrogens with one attached hydrogen (secondary N) is 1. The van der Waals surface area contributed by atoms with E-state index < -0.39 is 0 Å². The number of anilines is 1. The minimum Gasteiger partial charge on any atom is -0.366 e. The summed E-state index contributed by atoms with van der Waals surface area (Å²) in [4.78, 5) is 4.14. The molecule has 0 aliphatic heterocycles. The minimum absolute atomic E-state index is 0.122. The zero-order valence-corrected chi connectivity index (χ0v) is 11.8. The summed E-state index contributed by atoms with van der Waals surface area (Å²) in [6.07, 6.45) is 2.29. The fourth-order valence-electron chi connectivity index (χ4n) is 1.78. The molecule has 100 valence electrons. The highest BCUT2D eigenvalue weighted by molar-refractivity contribution is 6.35. The molecule has 1 aromatic heterocycles. The molecule has 5 heteroatoms. The molecule has 1 N–H and O–H groups in total. The largest absolute Gasteiger partial charge is 0.366 e. The zero-order chi connectivity index (χ0) is 13.8. The van der Waals surface area contributed by atoms with Crippen molar-refractivity contribution in [1.82, 2.24) is 4.98 Å². The number of rotatable bonds is 4. The SMILES string of the molecule is CC(Cc1ccc(F)cc1)Nc1ncc(Cl)cc1Cl. The summed E-state index contributed by atoms with van der Waals surface area (Å²) in [7, 11) is 0. The van der Waals surface area contributed by atoms with Crippen molar-refractivity contribution in [2.75, 3.05) is 5.32 Å². The standard InChI is InChI=1S/C14H13Cl2FN2/c1-9(6-10-2-4-12(17)5-3-10)19-14-13(16)7-11(15)8-18-14/h2-5,7-9H,6H2,1H3,(H,18,19). The highest BCUT2D eigenvalue weighted by Gasteiger charge is 2.08. The van der Waals surface area contributed by atoms with Crippen LogP contribution in [0.15, 0.2) is 36.5 Å². The van der Waals surface area contributed by atoms with Gasteiger partial charge in [0.15, 0.2) is 0 Å². The Labute approximate surface area is 121 Å². The molecule has 2 nitrogen and oxygen atoms in total. The molecule has 0 aliphatic carbocycles. The lowest BCUT2D eigenvalue weighted by atomic mass is 10.1. The average molecular weight is 299 g/mol. The molecule has 2 aromatic rings. The third-order valence-corrected chi connectivity index (χ3v) is 3.14. The van der Waals surface area contributed by atoms with Crippen LogP contribution in [0, 0.1) is 5.82 Å². The van der Waals surface area contributed by atoms with Crippen LogP contribution in [0.1, 0.15) is 12.5 Å². The normalized spacial score (nSPS) is 12.2. The van der Waals surface area contributed by atoms with Crippen LogP contribution < -0.4 is 5.32 Å². The van der Waals surface area contributed by atoms with Gasteiger partial charge in [-0.25, -0.2) is 9.37 Å². The van der Waals surface area contributed by atoms with E-state index in [0.29, 0.717) is 15.9 Å². The smallest absolute Gasteiger partial charge is 0.145 e. The zero-order valence-electron chi connectivity index (χ0n) is 10.3. The Balaban J connectivity index is 2.01. The van der Waals surface area contributed by atoms with E-state index in [1.165, 1.54) is 12.1 Å². The lowest BCUT2D eigenvalue weighted by molar-refractivity contribution is 0.626. The van der Waals surface area contributed by atoms with Gasteiger partial charge in [0.2, 0.25) is 0 Å². The molecule has 1 atom stereocenters. The Morgan fingerprint density at radius 3 is 2.58 bits per heavy atom. The summed E-state index contributed by atoms with van der Waals surface area (Å²) in [6.45, 7) is 2.01. The maximum atomic E-state index is 12.8.